The summed E-state index contributed by atoms with van der Waals surface area (Å²) in [6.45, 7) is 7.04. The molecule has 1 aromatic heterocycles. The van der Waals surface area contributed by atoms with E-state index >= 15 is 0 Å². The summed E-state index contributed by atoms with van der Waals surface area (Å²) >= 11 is 0. The number of ether oxygens (including phenoxy) is 1. The molecule has 1 amide bonds. The summed E-state index contributed by atoms with van der Waals surface area (Å²) in [7, 11) is 1.80. The molecule has 0 saturated carbocycles. The number of piperidine rings is 1. The van der Waals surface area contributed by atoms with Gasteiger partial charge < -0.3 is 19.5 Å². The fourth-order valence-corrected chi connectivity index (χ4v) is 2.28. The van der Waals surface area contributed by atoms with Crippen LogP contribution in [0.25, 0.3) is 0 Å². The van der Waals surface area contributed by atoms with Crippen LogP contribution in [0.2, 0.25) is 0 Å². The van der Waals surface area contributed by atoms with Gasteiger partial charge in [-0.3, -0.25) is 0 Å². The Morgan fingerprint density at radius 2 is 2.10 bits per heavy atom. The minimum absolute atomic E-state index is 0.230. The first kappa shape index (κ1) is 14.7. The number of hydrogen-bond donors (Lipinski definition) is 1. The number of likely N-dealkylation sites (tertiary alicyclic amines) is 1. The quantitative estimate of drug-likeness (QED) is 0.902. The molecule has 0 aromatic carbocycles. The third-order valence-electron chi connectivity index (χ3n) is 3.34. The molecule has 1 aliphatic heterocycles. The Hall–Kier alpha value is -1.72. The summed E-state index contributed by atoms with van der Waals surface area (Å²) in [6, 6.07) is 1.92. The van der Waals surface area contributed by atoms with Gasteiger partial charge in [0.1, 0.15) is 5.60 Å². The monoisotopic (exact) mass is 281 g/mol. The molecule has 6 nitrogen and oxygen atoms in total. The lowest BCUT2D eigenvalue weighted by Gasteiger charge is -2.32. The maximum atomic E-state index is 12.0. The average Bonchev–Trinajstić information content (AvgIpc) is 2.85. The molecule has 112 valence electrons. The van der Waals surface area contributed by atoms with Crippen molar-refractivity contribution in [1.29, 1.82) is 0 Å². The summed E-state index contributed by atoms with van der Waals surface area (Å²) in [5, 5.41) is 6.99. The first-order chi connectivity index (χ1) is 9.39. The molecule has 0 bridgehead atoms. The van der Waals surface area contributed by atoms with Gasteiger partial charge in [-0.15, -0.1) is 0 Å². The molecular weight excluding hydrogens is 258 g/mol. The summed E-state index contributed by atoms with van der Waals surface area (Å²) < 4.78 is 10.5. The Bertz CT molecular complexity index is 456. The largest absolute Gasteiger partial charge is 0.444 e. The highest BCUT2D eigenvalue weighted by atomic mass is 16.6. The molecular formula is C14H23N3O3. The van der Waals surface area contributed by atoms with E-state index in [0.717, 1.165) is 18.5 Å². The first-order valence-corrected chi connectivity index (χ1v) is 7.01. The van der Waals surface area contributed by atoms with Crippen LogP contribution in [-0.2, 0) is 4.74 Å². The molecule has 1 saturated heterocycles. The van der Waals surface area contributed by atoms with E-state index in [1.54, 1.807) is 11.9 Å². The van der Waals surface area contributed by atoms with Gasteiger partial charge in [0.05, 0.1) is 5.69 Å². The van der Waals surface area contributed by atoms with Gasteiger partial charge in [-0.1, -0.05) is 5.16 Å². The summed E-state index contributed by atoms with van der Waals surface area (Å²) in [6.07, 6.45) is 1.54. The highest BCUT2D eigenvalue weighted by Crippen LogP contribution is 2.29. The van der Waals surface area contributed by atoms with Crippen molar-refractivity contribution in [2.24, 2.45) is 0 Å². The van der Waals surface area contributed by atoms with Crippen molar-refractivity contribution < 1.29 is 14.1 Å². The Balaban J connectivity index is 1.87. The number of nitrogens with one attached hydrogen (secondary N) is 1. The summed E-state index contributed by atoms with van der Waals surface area (Å²) in [5.74, 6) is 1.02. The predicted molar refractivity (Wildman–Crippen MR) is 75.8 cm³/mol. The second-order valence-electron chi connectivity index (χ2n) is 6.11. The van der Waals surface area contributed by atoms with Gasteiger partial charge in [-0.05, 0) is 33.6 Å². The number of hydrogen-bond acceptors (Lipinski definition) is 5. The number of carbonyl (C=O) groups is 1. The standard InChI is InChI=1S/C14H23N3O3/c1-14(2,3)19-13(18)17-7-5-10(6-8-17)11-9-12(15-4)20-16-11/h9-10,15H,5-8H2,1-4H3. The van der Waals surface area contributed by atoms with Crippen molar-refractivity contribution in [2.45, 2.75) is 45.1 Å². The smallest absolute Gasteiger partial charge is 0.410 e. The van der Waals surface area contributed by atoms with Crippen molar-refractivity contribution >= 4 is 12.0 Å². The second-order valence-corrected chi connectivity index (χ2v) is 6.11. The Morgan fingerprint density at radius 1 is 1.45 bits per heavy atom. The Morgan fingerprint density at radius 3 is 2.60 bits per heavy atom. The van der Waals surface area contributed by atoms with Gasteiger partial charge >= 0.3 is 6.09 Å². The van der Waals surface area contributed by atoms with Crippen molar-refractivity contribution in [3.63, 3.8) is 0 Å². The zero-order valence-corrected chi connectivity index (χ0v) is 12.6. The molecule has 0 radical (unpaired) electrons. The Labute approximate surface area is 119 Å². The third kappa shape index (κ3) is 3.65. The van der Waals surface area contributed by atoms with Gasteiger partial charge in [0.2, 0.25) is 5.88 Å². The lowest BCUT2D eigenvalue weighted by Crippen LogP contribution is -2.41. The van der Waals surface area contributed by atoms with E-state index in [1.165, 1.54) is 0 Å². The molecule has 2 rings (SSSR count). The van der Waals surface area contributed by atoms with Crippen LogP contribution in [-0.4, -0.2) is 41.9 Å². The van der Waals surface area contributed by atoms with Crippen LogP contribution in [0.1, 0.15) is 45.2 Å². The average molecular weight is 281 g/mol. The summed E-state index contributed by atoms with van der Waals surface area (Å²) in [4.78, 5) is 13.7. The van der Waals surface area contributed by atoms with Crippen molar-refractivity contribution in [3.8, 4) is 0 Å². The molecule has 0 unspecified atom stereocenters. The lowest BCUT2D eigenvalue weighted by molar-refractivity contribution is 0.0203. The highest BCUT2D eigenvalue weighted by molar-refractivity contribution is 5.68. The molecule has 2 heterocycles. The molecule has 1 N–H and O–H groups in total. The van der Waals surface area contributed by atoms with Crippen LogP contribution < -0.4 is 5.32 Å². The van der Waals surface area contributed by atoms with Gasteiger partial charge in [0, 0.05) is 32.1 Å². The van der Waals surface area contributed by atoms with Crippen LogP contribution in [0.5, 0.6) is 0 Å². The second kappa shape index (κ2) is 5.73. The van der Waals surface area contributed by atoms with Crippen LogP contribution in [0.4, 0.5) is 10.7 Å². The minimum atomic E-state index is -0.443. The zero-order valence-electron chi connectivity index (χ0n) is 12.6. The lowest BCUT2D eigenvalue weighted by atomic mass is 9.94. The number of carbonyl (C=O) groups excluding carboxylic acids is 1. The number of amides is 1. The van der Waals surface area contributed by atoms with E-state index in [0.29, 0.717) is 24.9 Å². The molecule has 6 heteroatoms. The molecule has 20 heavy (non-hydrogen) atoms. The fourth-order valence-electron chi connectivity index (χ4n) is 2.28. The van der Waals surface area contributed by atoms with Crippen LogP contribution in [0.15, 0.2) is 10.6 Å². The zero-order chi connectivity index (χ0) is 14.8. The van der Waals surface area contributed by atoms with Gasteiger partial charge in [-0.25, -0.2) is 4.79 Å². The number of anilines is 1. The highest BCUT2D eigenvalue weighted by Gasteiger charge is 2.28. The molecule has 1 aliphatic rings. The third-order valence-corrected chi connectivity index (χ3v) is 3.34. The predicted octanol–water partition coefficient (Wildman–Crippen LogP) is 2.83. The first-order valence-electron chi connectivity index (χ1n) is 7.01. The Kier molecular flexibility index (Phi) is 4.20. The fraction of sp³-hybridized carbons (Fsp3) is 0.714. The van der Waals surface area contributed by atoms with Crippen molar-refractivity contribution in [2.75, 3.05) is 25.5 Å². The summed E-state index contributed by atoms with van der Waals surface area (Å²) in [5.41, 5.74) is 0.514. The maximum Gasteiger partial charge on any atom is 0.410 e. The van der Waals surface area contributed by atoms with Crippen LogP contribution in [0, 0.1) is 0 Å². The topological polar surface area (TPSA) is 67.6 Å². The number of nitrogens with zero attached hydrogens (tertiary/aromatic N) is 2. The number of aromatic nitrogens is 1. The molecule has 1 fully saturated rings. The molecule has 0 aliphatic carbocycles. The van der Waals surface area contributed by atoms with Gasteiger partial charge in [0.25, 0.3) is 0 Å². The van der Waals surface area contributed by atoms with Gasteiger partial charge in [-0.2, -0.15) is 0 Å². The molecule has 0 atom stereocenters. The minimum Gasteiger partial charge on any atom is -0.444 e. The van der Waals surface area contributed by atoms with E-state index in [-0.39, 0.29) is 6.09 Å². The van der Waals surface area contributed by atoms with E-state index < -0.39 is 5.60 Å². The van der Waals surface area contributed by atoms with Crippen LogP contribution in [0.3, 0.4) is 0 Å². The molecule has 0 spiro atoms. The maximum absolute atomic E-state index is 12.0. The molecule has 1 aromatic rings. The van der Waals surface area contributed by atoms with E-state index in [9.17, 15) is 4.79 Å². The SMILES string of the molecule is CNc1cc(C2CCN(C(=O)OC(C)(C)C)CC2)no1. The van der Waals surface area contributed by atoms with Gasteiger partial charge in [0.15, 0.2) is 0 Å². The van der Waals surface area contributed by atoms with E-state index in [4.69, 9.17) is 9.26 Å². The van der Waals surface area contributed by atoms with Crippen molar-refractivity contribution in [3.05, 3.63) is 11.8 Å². The van der Waals surface area contributed by atoms with E-state index in [2.05, 4.69) is 10.5 Å². The van der Waals surface area contributed by atoms with Crippen molar-refractivity contribution in [1.82, 2.24) is 10.1 Å². The van der Waals surface area contributed by atoms with E-state index in [1.807, 2.05) is 26.8 Å². The normalized spacial score (nSPS) is 17.1. The number of rotatable bonds is 2. The van der Waals surface area contributed by atoms with Crippen LogP contribution >= 0.6 is 0 Å².